The van der Waals surface area contributed by atoms with Gasteiger partial charge in [-0.1, -0.05) is 35.5 Å². The molecule has 3 heterocycles. The maximum Gasteiger partial charge on any atom is 0.243 e. The molecule has 0 N–H and O–H groups in total. The largest absolute Gasteiger partial charge is 0.338 e. The number of sulfonamides is 1. The van der Waals surface area contributed by atoms with E-state index in [-0.39, 0.29) is 0 Å². The minimum absolute atomic E-state index is 0.331. The fourth-order valence-electron chi connectivity index (χ4n) is 3.73. The van der Waals surface area contributed by atoms with Gasteiger partial charge >= 0.3 is 0 Å². The third kappa shape index (κ3) is 4.07. The molecule has 4 aromatic rings. The average Bonchev–Trinajstić information content (AvgIpc) is 3.28. The quantitative estimate of drug-likeness (QED) is 0.476. The van der Waals surface area contributed by atoms with Crippen LogP contribution in [0.4, 0.5) is 0 Å². The van der Waals surface area contributed by atoms with Crippen molar-refractivity contribution in [3.05, 3.63) is 72.9 Å². The molecule has 0 unspecified atom stereocenters. The number of nitrogens with zero attached hydrogens (tertiary/aromatic N) is 5. The molecule has 31 heavy (non-hydrogen) atoms. The van der Waals surface area contributed by atoms with Crippen molar-refractivity contribution < 1.29 is 12.9 Å². The van der Waals surface area contributed by atoms with Crippen LogP contribution in [-0.2, 0) is 16.6 Å². The van der Waals surface area contributed by atoms with Crippen molar-refractivity contribution in [2.24, 2.45) is 0 Å². The van der Waals surface area contributed by atoms with Crippen LogP contribution < -0.4 is 0 Å². The van der Waals surface area contributed by atoms with E-state index in [9.17, 15) is 8.42 Å². The molecule has 1 aliphatic rings. The third-order valence-corrected chi connectivity index (χ3v) is 7.33. The minimum Gasteiger partial charge on any atom is -0.338 e. The fraction of sp³-hybridized carbons (Fsp3) is 0.227. The van der Waals surface area contributed by atoms with Crippen LogP contribution in [0.3, 0.4) is 0 Å². The van der Waals surface area contributed by atoms with Crippen LogP contribution in [0.15, 0.2) is 76.4 Å². The summed E-state index contributed by atoms with van der Waals surface area (Å²) in [5.41, 5.74) is 0.795. The highest BCUT2D eigenvalue weighted by Gasteiger charge is 2.29. The van der Waals surface area contributed by atoms with Crippen LogP contribution in [0.5, 0.6) is 0 Å². The first-order chi connectivity index (χ1) is 15.1. The van der Waals surface area contributed by atoms with Crippen LogP contribution in [0.25, 0.3) is 22.2 Å². The molecular weight excluding hydrogens is 414 g/mol. The SMILES string of the molecule is O=S(=O)(c1ccc2ccccc2c1)N1CCN(Cc2nc(-c3cccnc3)no2)CC1. The zero-order valence-corrected chi connectivity index (χ0v) is 17.6. The Hall–Kier alpha value is -3.14. The molecule has 0 amide bonds. The van der Waals surface area contributed by atoms with E-state index < -0.39 is 10.0 Å². The topological polar surface area (TPSA) is 92.4 Å². The summed E-state index contributed by atoms with van der Waals surface area (Å²) in [5, 5.41) is 5.96. The molecule has 1 saturated heterocycles. The van der Waals surface area contributed by atoms with Gasteiger partial charge in [-0.05, 0) is 35.0 Å². The minimum atomic E-state index is -3.53. The lowest BCUT2D eigenvalue weighted by molar-refractivity contribution is 0.163. The zero-order valence-electron chi connectivity index (χ0n) is 16.8. The molecule has 158 valence electrons. The second-order valence-corrected chi connectivity index (χ2v) is 9.38. The van der Waals surface area contributed by atoms with Crippen molar-refractivity contribution in [3.8, 4) is 11.4 Å². The van der Waals surface area contributed by atoms with Gasteiger partial charge in [0.1, 0.15) is 0 Å². The molecule has 0 atom stereocenters. The molecule has 0 saturated carbocycles. The highest BCUT2D eigenvalue weighted by molar-refractivity contribution is 7.89. The molecule has 0 aliphatic carbocycles. The first-order valence-corrected chi connectivity index (χ1v) is 11.5. The van der Waals surface area contributed by atoms with Gasteiger partial charge in [0.15, 0.2) is 0 Å². The van der Waals surface area contributed by atoms with E-state index in [4.69, 9.17) is 4.52 Å². The van der Waals surface area contributed by atoms with Crippen LogP contribution in [0, 0.1) is 0 Å². The number of hydrogen-bond acceptors (Lipinski definition) is 7. The van der Waals surface area contributed by atoms with Gasteiger partial charge in [0, 0.05) is 44.1 Å². The van der Waals surface area contributed by atoms with E-state index >= 15 is 0 Å². The van der Waals surface area contributed by atoms with E-state index in [0.717, 1.165) is 16.3 Å². The molecule has 0 bridgehead atoms. The summed E-state index contributed by atoms with van der Waals surface area (Å²) in [5.74, 6) is 1.00. The fourth-order valence-corrected chi connectivity index (χ4v) is 5.19. The molecule has 0 radical (unpaired) electrons. The van der Waals surface area contributed by atoms with E-state index in [1.165, 1.54) is 0 Å². The van der Waals surface area contributed by atoms with Gasteiger partial charge in [0.2, 0.25) is 21.7 Å². The van der Waals surface area contributed by atoms with Crippen molar-refractivity contribution in [2.45, 2.75) is 11.4 Å². The highest BCUT2D eigenvalue weighted by Crippen LogP contribution is 2.23. The average molecular weight is 436 g/mol. The lowest BCUT2D eigenvalue weighted by Crippen LogP contribution is -2.48. The van der Waals surface area contributed by atoms with Gasteiger partial charge in [-0.2, -0.15) is 9.29 Å². The first-order valence-electron chi connectivity index (χ1n) is 10.0. The van der Waals surface area contributed by atoms with E-state index in [2.05, 4.69) is 20.0 Å². The highest BCUT2D eigenvalue weighted by atomic mass is 32.2. The molecule has 2 aromatic carbocycles. The Morgan fingerprint density at radius 2 is 1.74 bits per heavy atom. The molecule has 1 fully saturated rings. The van der Waals surface area contributed by atoms with Gasteiger partial charge in [-0.15, -0.1) is 0 Å². The van der Waals surface area contributed by atoms with E-state index in [1.54, 1.807) is 28.8 Å². The number of rotatable bonds is 5. The normalized spacial score (nSPS) is 16.0. The lowest BCUT2D eigenvalue weighted by atomic mass is 10.1. The predicted octanol–water partition coefficient (Wildman–Crippen LogP) is 2.79. The molecule has 9 heteroatoms. The van der Waals surface area contributed by atoms with Gasteiger partial charge in [-0.25, -0.2) is 8.42 Å². The lowest BCUT2D eigenvalue weighted by Gasteiger charge is -2.33. The first kappa shape index (κ1) is 19.8. The summed E-state index contributed by atoms with van der Waals surface area (Å²) in [4.78, 5) is 10.9. The molecular formula is C22H21N5O3S. The van der Waals surface area contributed by atoms with Crippen LogP contribution in [-0.4, -0.2) is 58.9 Å². The molecule has 5 rings (SSSR count). The Bertz CT molecular complexity index is 1300. The smallest absolute Gasteiger partial charge is 0.243 e. The Balaban J connectivity index is 1.24. The summed E-state index contributed by atoms with van der Waals surface area (Å²) in [6.07, 6.45) is 3.38. The Labute approximate surface area is 180 Å². The third-order valence-electron chi connectivity index (χ3n) is 5.44. The van der Waals surface area contributed by atoms with Crippen molar-refractivity contribution in [1.29, 1.82) is 0 Å². The summed E-state index contributed by atoms with van der Waals surface area (Å²) >= 11 is 0. The Kier molecular flexibility index (Phi) is 5.23. The van der Waals surface area contributed by atoms with Crippen molar-refractivity contribution in [1.82, 2.24) is 24.3 Å². The number of piperazine rings is 1. The molecule has 2 aromatic heterocycles. The Morgan fingerprint density at radius 1 is 0.935 bits per heavy atom. The predicted molar refractivity (Wildman–Crippen MR) is 116 cm³/mol. The number of aromatic nitrogens is 3. The molecule has 0 spiro atoms. The number of pyridine rings is 1. The van der Waals surface area contributed by atoms with E-state index in [0.29, 0.717) is 49.3 Å². The van der Waals surface area contributed by atoms with Crippen LogP contribution >= 0.6 is 0 Å². The maximum absolute atomic E-state index is 13.1. The van der Waals surface area contributed by atoms with Gasteiger partial charge < -0.3 is 4.52 Å². The van der Waals surface area contributed by atoms with Gasteiger partial charge in [0.25, 0.3) is 0 Å². The van der Waals surface area contributed by atoms with Crippen molar-refractivity contribution in [3.63, 3.8) is 0 Å². The maximum atomic E-state index is 13.1. The Morgan fingerprint density at radius 3 is 2.52 bits per heavy atom. The van der Waals surface area contributed by atoms with Crippen LogP contribution in [0.2, 0.25) is 0 Å². The van der Waals surface area contributed by atoms with Crippen LogP contribution in [0.1, 0.15) is 5.89 Å². The number of fused-ring (bicyclic) bond motifs is 1. The summed E-state index contributed by atoms with van der Waals surface area (Å²) in [7, 11) is -3.53. The monoisotopic (exact) mass is 435 g/mol. The van der Waals surface area contributed by atoms with Gasteiger partial charge in [0.05, 0.1) is 11.4 Å². The standard InChI is InChI=1S/C22H21N5O3S/c28-31(29,20-8-7-17-4-1-2-5-18(17)14-20)27-12-10-26(11-13-27)16-21-24-22(25-30-21)19-6-3-9-23-15-19/h1-9,14-15H,10-13,16H2. The second-order valence-electron chi connectivity index (χ2n) is 7.44. The molecule has 8 nitrogen and oxygen atoms in total. The summed E-state index contributed by atoms with van der Waals surface area (Å²) in [6, 6.07) is 16.7. The van der Waals surface area contributed by atoms with Crippen molar-refractivity contribution >= 4 is 20.8 Å². The number of hydrogen-bond donors (Lipinski definition) is 0. The number of benzene rings is 2. The van der Waals surface area contributed by atoms with Gasteiger partial charge in [-0.3, -0.25) is 9.88 Å². The summed E-state index contributed by atoms with van der Waals surface area (Å²) in [6.45, 7) is 2.50. The van der Waals surface area contributed by atoms with E-state index in [1.807, 2.05) is 42.5 Å². The molecule has 1 aliphatic heterocycles. The van der Waals surface area contributed by atoms with Crippen molar-refractivity contribution in [2.75, 3.05) is 26.2 Å². The summed E-state index contributed by atoms with van der Waals surface area (Å²) < 4.78 is 33.1. The zero-order chi connectivity index (χ0) is 21.3. The second kappa shape index (κ2) is 8.18.